The van der Waals surface area contributed by atoms with Gasteiger partial charge in [-0.15, -0.1) is 0 Å². The summed E-state index contributed by atoms with van der Waals surface area (Å²) >= 11 is 0. The lowest BCUT2D eigenvalue weighted by Crippen LogP contribution is -2.37. The summed E-state index contributed by atoms with van der Waals surface area (Å²) in [6.07, 6.45) is 3.19. The van der Waals surface area contributed by atoms with Crippen molar-refractivity contribution in [2.24, 2.45) is 0 Å². The first kappa shape index (κ1) is 11.8. The average Bonchev–Trinajstić information content (AvgIpc) is 2.83. The fourth-order valence-electron chi connectivity index (χ4n) is 2.57. The number of aliphatic carboxylic acids is 1. The molecule has 0 spiro atoms. The van der Waals surface area contributed by atoms with Crippen LogP contribution in [0.1, 0.15) is 25.7 Å². The maximum absolute atomic E-state index is 11.0. The number of likely N-dealkylation sites (tertiary alicyclic amines) is 1. The van der Waals surface area contributed by atoms with Gasteiger partial charge in [0.1, 0.15) is 6.04 Å². The average molecular weight is 229 g/mol. The van der Waals surface area contributed by atoms with E-state index in [0.29, 0.717) is 19.5 Å². The number of aliphatic hydroxyl groups excluding tert-OH is 1. The van der Waals surface area contributed by atoms with E-state index in [1.54, 1.807) is 0 Å². The van der Waals surface area contributed by atoms with Crippen molar-refractivity contribution in [3.63, 3.8) is 0 Å². The number of carbonyl (C=O) groups is 1. The number of aliphatic hydroxyl groups is 1. The molecule has 2 aliphatic rings. The highest BCUT2D eigenvalue weighted by Gasteiger charge is 2.35. The zero-order valence-electron chi connectivity index (χ0n) is 9.34. The van der Waals surface area contributed by atoms with Crippen molar-refractivity contribution in [3.05, 3.63) is 0 Å². The van der Waals surface area contributed by atoms with E-state index in [4.69, 9.17) is 9.84 Å². The molecule has 2 fully saturated rings. The van der Waals surface area contributed by atoms with E-state index in [1.165, 1.54) is 0 Å². The monoisotopic (exact) mass is 229 g/mol. The summed E-state index contributed by atoms with van der Waals surface area (Å²) in [5.74, 6) is -0.830. The summed E-state index contributed by atoms with van der Waals surface area (Å²) in [7, 11) is 0. The summed E-state index contributed by atoms with van der Waals surface area (Å²) in [4.78, 5) is 12.8. The van der Waals surface area contributed by atoms with Crippen LogP contribution in [0.4, 0.5) is 0 Å². The van der Waals surface area contributed by atoms with Crippen molar-refractivity contribution in [2.75, 3.05) is 19.7 Å². The van der Waals surface area contributed by atoms with Crippen molar-refractivity contribution in [1.82, 2.24) is 4.90 Å². The van der Waals surface area contributed by atoms with E-state index in [9.17, 15) is 9.90 Å². The molecule has 2 aliphatic heterocycles. The van der Waals surface area contributed by atoms with Crippen LogP contribution in [-0.2, 0) is 9.53 Å². The fourth-order valence-corrected chi connectivity index (χ4v) is 2.57. The Kier molecular flexibility index (Phi) is 3.78. The van der Waals surface area contributed by atoms with Gasteiger partial charge in [0.15, 0.2) is 0 Å². The van der Waals surface area contributed by atoms with Crippen LogP contribution in [0.25, 0.3) is 0 Å². The van der Waals surface area contributed by atoms with E-state index < -0.39 is 18.1 Å². The van der Waals surface area contributed by atoms with Gasteiger partial charge in [0.05, 0.1) is 12.2 Å². The van der Waals surface area contributed by atoms with Crippen LogP contribution in [0, 0.1) is 0 Å². The number of rotatable bonds is 4. The van der Waals surface area contributed by atoms with Gasteiger partial charge in [0.25, 0.3) is 0 Å². The summed E-state index contributed by atoms with van der Waals surface area (Å²) in [6, 6.07) is -0.517. The van der Waals surface area contributed by atoms with E-state index in [-0.39, 0.29) is 6.10 Å². The molecule has 0 aliphatic carbocycles. The van der Waals surface area contributed by atoms with Crippen LogP contribution in [0.3, 0.4) is 0 Å². The first-order valence-corrected chi connectivity index (χ1v) is 5.93. The Morgan fingerprint density at radius 1 is 1.50 bits per heavy atom. The van der Waals surface area contributed by atoms with Gasteiger partial charge in [0.2, 0.25) is 0 Å². The highest BCUT2D eigenvalue weighted by molar-refractivity contribution is 5.74. The Morgan fingerprint density at radius 3 is 2.94 bits per heavy atom. The molecule has 5 nitrogen and oxygen atoms in total. The molecule has 5 heteroatoms. The molecule has 2 heterocycles. The summed E-state index contributed by atoms with van der Waals surface area (Å²) in [6.45, 7) is 2.01. The van der Waals surface area contributed by atoms with Crippen LogP contribution >= 0.6 is 0 Å². The highest BCUT2D eigenvalue weighted by Crippen LogP contribution is 2.21. The Labute approximate surface area is 95.0 Å². The summed E-state index contributed by atoms with van der Waals surface area (Å²) in [5.41, 5.74) is 0. The molecule has 2 saturated heterocycles. The molecule has 0 aromatic carbocycles. The van der Waals surface area contributed by atoms with Gasteiger partial charge < -0.3 is 14.9 Å². The highest BCUT2D eigenvalue weighted by atomic mass is 16.5. The second-order valence-electron chi connectivity index (χ2n) is 4.66. The van der Waals surface area contributed by atoms with Crippen LogP contribution in [-0.4, -0.2) is 59.0 Å². The molecule has 92 valence electrons. The Morgan fingerprint density at radius 2 is 2.31 bits per heavy atom. The number of ether oxygens (including phenoxy) is 1. The van der Waals surface area contributed by atoms with Crippen molar-refractivity contribution in [2.45, 2.75) is 43.9 Å². The predicted molar refractivity (Wildman–Crippen MR) is 57.2 cm³/mol. The maximum Gasteiger partial charge on any atom is 0.321 e. The molecule has 0 aromatic rings. The largest absolute Gasteiger partial charge is 0.480 e. The van der Waals surface area contributed by atoms with Crippen molar-refractivity contribution >= 4 is 5.97 Å². The van der Waals surface area contributed by atoms with E-state index in [2.05, 4.69) is 0 Å². The molecule has 3 atom stereocenters. The smallest absolute Gasteiger partial charge is 0.321 e. The van der Waals surface area contributed by atoms with E-state index in [0.717, 1.165) is 25.9 Å². The molecule has 0 saturated carbocycles. The van der Waals surface area contributed by atoms with Gasteiger partial charge >= 0.3 is 5.97 Å². The van der Waals surface area contributed by atoms with Gasteiger partial charge in [-0.1, -0.05) is 0 Å². The minimum Gasteiger partial charge on any atom is -0.480 e. The van der Waals surface area contributed by atoms with Gasteiger partial charge in [-0.05, 0) is 19.3 Å². The predicted octanol–water partition coefficient (Wildman–Crippen LogP) is 0.0753. The van der Waals surface area contributed by atoms with Crippen LogP contribution in [0.5, 0.6) is 0 Å². The lowest BCUT2D eigenvalue weighted by atomic mass is 10.1. The SMILES string of the molecule is O=C(O)C1CC(O)CN1CCC1CCCO1. The lowest BCUT2D eigenvalue weighted by molar-refractivity contribution is -0.142. The second-order valence-corrected chi connectivity index (χ2v) is 4.66. The Balaban J connectivity index is 1.80. The number of hydrogen-bond donors (Lipinski definition) is 2. The fraction of sp³-hybridized carbons (Fsp3) is 0.909. The molecule has 0 bridgehead atoms. The summed E-state index contributed by atoms with van der Waals surface area (Å²) < 4.78 is 5.50. The third-order valence-electron chi connectivity index (χ3n) is 3.43. The number of carboxylic acid groups (broad SMARTS) is 1. The van der Waals surface area contributed by atoms with E-state index in [1.807, 2.05) is 4.90 Å². The van der Waals surface area contributed by atoms with Crippen molar-refractivity contribution in [3.8, 4) is 0 Å². The number of carboxylic acids is 1. The van der Waals surface area contributed by atoms with Crippen molar-refractivity contribution in [1.29, 1.82) is 0 Å². The topological polar surface area (TPSA) is 70.0 Å². The molecule has 2 rings (SSSR count). The molecule has 2 N–H and O–H groups in total. The zero-order valence-corrected chi connectivity index (χ0v) is 9.34. The molecule has 0 aromatic heterocycles. The summed E-state index contributed by atoms with van der Waals surface area (Å²) in [5, 5.41) is 18.5. The van der Waals surface area contributed by atoms with Crippen LogP contribution < -0.4 is 0 Å². The Hall–Kier alpha value is -0.650. The molecular formula is C11H19NO4. The third-order valence-corrected chi connectivity index (χ3v) is 3.43. The van der Waals surface area contributed by atoms with E-state index >= 15 is 0 Å². The van der Waals surface area contributed by atoms with Gasteiger partial charge in [-0.3, -0.25) is 9.69 Å². The molecule has 0 radical (unpaired) electrons. The minimum atomic E-state index is -0.830. The van der Waals surface area contributed by atoms with Gasteiger partial charge in [-0.2, -0.15) is 0 Å². The molecule has 3 unspecified atom stereocenters. The molecule has 0 amide bonds. The maximum atomic E-state index is 11.0. The van der Waals surface area contributed by atoms with Crippen molar-refractivity contribution < 1.29 is 19.7 Å². The normalized spacial score (nSPS) is 35.7. The Bertz CT molecular complexity index is 252. The lowest BCUT2D eigenvalue weighted by Gasteiger charge is -2.22. The quantitative estimate of drug-likeness (QED) is 0.714. The van der Waals surface area contributed by atoms with Gasteiger partial charge in [0, 0.05) is 26.1 Å². The van der Waals surface area contributed by atoms with Crippen LogP contribution in [0.2, 0.25) is 0 Å². The number of β-amino-alcohol motifs (C(OH)–C–C–N with tert-alkyl or cyclic N) is 1. The zero-order chi connectivity index (χ0) is 11.5. The second kappa shape index (κ2) is 5.12. The standard InChI is InChI=1S/C11H19NO4/c13-8-6-10(11(14)15)12(7-8)4-3-9-2-1-5-16-9/h8-10,13H,1-7H2,(H,14,15). The number of nitrogens with zero attached hydrogens (tertiary/aromatic N) is 1. The van der Waals surface area contributed by atoms with Crippen LogP contribution in [0.15, 0.2) is 0 Å². The third kappa shape index (κ3) is 2.72. The number of hydrogen-bond acceptors (Lipinski definition) is 4. The van der Waals surface area contributed by atoms with Gasteiger partial charge in [-0.25, -0.2) is 0 Å². The molecular weight excluding hydrogens is 210 g/mol. The minimum absolute atomic E-state index is 0.284. The molecule has 16 heavy (non-hydrogen) atoms. The first-order chi connectivity index (χ1) is 7.66. The first-order valence-electron chi connectivity index (χ1n) is 5.93.